The van der Waals surface area contributed by atoms with Gasteiger partial charge in [-0.05, 0) is 20.8 Å². The minimum absolute atomic E-state index is 0.0167. The van der Waals surface area contributed by atoms with Gasteiger partial charge in [0.25, 0.3) is 0 Å². The van der Waals surface area contributed by atoms with Crippen molar-refractivity contribution in [2.24, 2.45) is 0 Å². The number of carboxylic acid groups (broad SMARTS) is 1. The zero-order chi connectivity index (χ0) is 10.1. The van der Waals surface area contributed by atoms with Crippen molar-refractivity contribution in [2.75, 3.05) is 0 Å². The van der Waals surface area contributed by atoms with E-state index in [1.165, 1.54) is 0 Å². The molecule has 1 rings (SSSR count). The van der Waals surface area contributed by atoms with Gasteiger partial charge in [-0.1, -0.05) is 0 Å². The van der Waals surface area contributed by atoms with E-state index in [2.05, 4.69) is 20.8 Å². The lowest BCUT2D eigenvalue weighted by Crippen LogP contribution is -2.42. The molecule has 72 valence electrons. The third kappa shape index (κ3) is 2.57. The average Bonchev–Trinajstić information content (AvgIpc) is 2.32. The topological polar surface area (TPSA) is 48.9 Å². The Hall–Kier alpha value is -1.32. The number of rotatable bonds is 2. The number of carbonyl (C=O) groups excluding carboxylic acids is 1. The summed E-state index contributed by atoms with van der Waals surface area (Å²) in [5.74, 6) is -1.07. The molecule has 0 aromatic carbocycles. The molecule has 4 nitrogen and oxygen atoms in total. The second-order valence-corrected chi connectivity index (χ2v) is 4.04. The molecule has 0 amide bonds. The second kappa shape index (κ2) is 3.20. The quantitative estimate of drug-likeness (QED) is 0.567. The van der Waals surface area contributed by atoms with Crippen LogP contribution in [0.1, 0.15) is 20.8 Å². The maximum Gasteiger partial charge on any atom is 0.244 e. The van der Waals surface area contributed by atoms with Gasteiger partial charge < -0.3 is 9.90 Å². The summed E-state index contributed by atoms with van der Waals surface area (Å²) < 4.78 is 3.54. The molecule has 0 spiro atoms. The van der Waals surface area contributed by atoms with Crippen LogP contribution >= 0.6 is 0 Å². The summed E-state index contributed by atoms with van der Waals surface area (Å²) in [4.78, 5) is 10.3. The monoisotopic (exact) mass is 182 g/mol. The van der Waals surface area contributed by atoms with Crippen molar-refractivity contribution < 1.29 is 14.5 Å². The molecule has 0 aliphatic rings. The fourth-order valence-corrected chi connectivity index (χ4v) is 1.03. The van der Waals surface area contributed by atoms with Crippen LogP contribution in [-0.4, -0.2) is 10.5 Å². The summed E-state index contributed by atoms with van der Waals surface area (Å²) in [5, 5.41) is 10.3. The molecule has 0 bridgehead atoms. The highest BCUT2D eigenvalue weighted by molar-refractivity contribution is 5.62. The first-order chi connectivity index (χ1) is 5.89. The van der Waals surface area contributed by atoms with Crippen molar-refractivity contribution in [3.05, 3.63) is 18.7 Å². The summed E-state index contributed by atoms with van der Waals surface area (Å²) in [7, 11) is 0. The number of nitrogens with zero attached hydrogens (tertiary/aromatic N) is 2. The fourth-order valence-electron chi connectivity index (χ4n) is 1.03. The van der Waals surface area contributed by atoms with Gasteiger partial charge in [0, 0.05) is 0 Å². The Bertz CT molecular complexity index is 310. The van der Waals surface area contributed by atoms with E-state index < -0.39 is 5.97 Å². The van der Waals surface area contributed by atoms with Gasteiger partial charge in [-0.3, -0.25) is 0 Å². The number of aromatic nitrogens is 2. The predicted octanol–water partition coefficient (Wildman–Crippen LogP) is -0.719. The minimum atomic E-state index is -1.07. The highest BCUT2D eigenvalue weighted by Crippen LogP contribution is 2.10. The smallest absolute Gasteiger partial charge is 0.244 e. The van der Waals surface area contributed by atoms with Gasteiger partial charge in [0.2, 0.25) is 6.33 Å². The Labute approximate surface area is 77.4 Å². The van der Waals surface area contributed by atoms with E-state index in [0.717, 1.165) is 0 Å². The van der Waals surface area contributed by atoms with Gasteiger partial charge in [0.1, 0.15) is 24.5 Å². The van der Waals surface area contributed by atoms with E-state index in [4.69, 9.17) is 0 Å². The van der Waals surface area contributed by atoms with Gasteiger partial charge in [-0.15, -0.1) is 0 Å². The van der Waals surface area contributed by atoms with E-state index in [1.54, 1.807) is 17.1 Å². The molecule has 1 heterocycles. The lowest BCUT2D eigenvalue weighted by molar-refractivity contribution is -0.690. The normalized spacial score (nSPS) is 11.6. The van der Waals surface area contributed by atoms with Crippen molar-refractivity contribution in [2.45, 2.75) is 32.9 Å². The summed E-state index contributed by atoms with van der Waals surface area (Å²) in [6, 6.07) is 0. The Morgan fingerprint density at radius 2 is 2.15 bits per heavy atom. The van der Waals surface area contributed by atoms with E-state index in [0.29, 0.717) is 0 Å². The molecule has 4 heteroatoms. The first-order valence-corrected chi connectivity index (χ1v) is 4.17. The molecule has 0 atom stereocenters. The number of hydrogen-bond acceptors (Lipinski definition) is 2. The van der Waals surface area contributed by atoms with Crippen LogP contribution in [0.4, 0.5) is 0 Å². The van der Waals surface area contributed by atoms with Crippen molar-refractivity contribution in [3.8, 4) is 0 Å². The molecular formula is C9H14N2O2. The lowest BCUT2D eigenvalue weighted by Gasteiger charge is -2.13. The lowest BCUT2D eigenvalue weighted by atomic mass is 10.1. The van der Waals surface area contributed by atoms with Crippen molar-refractivity contribution in [1.82, 2.24) is 4.57 Å². The predicted molar refractivity (Wildman–Crippen MR) is 44.6 cm³/mol. The summed E-state index contributed by atoms with van der Waals surface area (Å²) >= 11 is 0. The second-order valence-electron chi connectivity index (χ2n) is 4.04. The molecule has 1 aromatic rings. The molecule has 13 heavy (non-hydrogen) atoms. The first-order valence-electron chi connectivity index (χ1n) is 4.17. The summed E-state index contributed by atoms with van der Waals surface area (Å²) in [6.45, 7) is 6.06. The highest BCUT2D eigenvalue weighted by atomic mass is 16.4. The SMILES string of the molecule is CC(C)(C)n1cc[n+](CC(=O)[O-])c1. The Morgan fingerprint density at radius 3 is 2.54 bits per heavy atom. The van der Waals surface area contributed by atoms with Gasteiger partial charge in [0.05, 0.1) is 5.97 Å². The summed E-state index contributed by atoms with van der Waals surface area (Å²) in [5.41, 5.74) is -0.0167. The van der Waals surface area contributed by atoms with E-state index in [1.807, 2.05) is 10.8 Å². The minimum Gasteiger partial charge on any atom is -0.546 e. The standard InChI is InChI=1S/C9H14N2O2/c1-9(2,3)11-5-4-10(7-11)6-8(12)13/h4-5,7H,6H2,1-3H3. The maximum atomic E-state index is 10.3. The van der Waals surface area contributed by atoms with Crippen molar-refractivity contribution in [1.29, 1.82) is 0 Å². The third-order valence-corrected chi connectivity index (χ3v) is 1.78. The average molecular weight is 182 g/mol. The van der Waals surface area contributed by atoms with Crippen LogP contribution in [-0.2, 0) is 16.9 Å². The molecule has 0 saturated carbocycles. The molecule has 0 radical (unpaired) electrons. The first kappa shape index (κ1) is 9.77. The Balaban J connectivity index is 2.81. The van der Waals surface area contributed by atoms with Crippen molar-refractivity contribution >= 4 is 5.97 Å². The summed E-state index contributed by atoms with van der Waals surface area (Å²) in [6.07, 6.45) is 5.33. The van der Waals surface area contributed by atoms with Crippen LogP contribution in [0.3, 0.4) is 0 Å². The van der Waals surface area contributed by atoms with E-state index in [-0.39, 0.29) is 12.1 Å². The van der Waals surface area contributed by atoms with Crippen LogP contribution in [0.15, 0.2) is 18.7 Å². The van der Waals surface area contributed by atoms with Crippen LogP contribution in [0, 0.1) is 0 Å². The third-order valence-electron chi connectivity index (χ3n) is 1.78. The van der Waals surface area contributed by atoms with E-state index >= 15 is 0 Å². The zero-order valence-corrected chi connectivity index (χ0v) is 8.15. The molecule has 0 unspecified atom stereocenters. The number of imidazole rings is 1. The van der Waals surface area contributed by atoms with Crippen molar-refractivity contribution in [3.63, 3.8) is 0 Å². The molecule has 0 fully saturated rings. The maximum absolute atomic E-state index is 10.3. The number of aliphatic carboxylic acids is 1. The van der Waals surface area contributed by atoms with Crippen LogP contribution in [0.25, 0.3) is 0 Å². The highest BCUT2D eigenvalue weighted by Gasteiger charge is 2.18. The molecular weight excluding hydrogens is 168 g/mol. The van der Waals surface area contributed by atoms with Gasteiger partial charge in [-0.2, -0.15) is 0 Å². The number of carboxylic acids is 1. The van der Waals surface area contributed by atoms with Gasteiger partial charge >= 0.3 is 0 Å². The molecule has 0 aliphatic heterocycles. The Morgan fingerprint density at radius 1 is 1.54 bits per heavy atom. The Kier molecular flexibility index (Phi) is 2.40. The van der Waals surface area contributed by atoms with Crippen LogP contribution < -0.4 is 9.67 Å². The molecule has 0 aliphatic carbocycles. The molecule has 0 saturated heterocycles. The van der Waals surface area contributed by atoms with Crippen LogP contribution in [0.2, 0.25) is 0 Å². The van der Waals surface area contributed by atoms with Crippen LogP contribution in [0.5, 0.6) is 0 Å². The van der Waals surface area contributed by atoms with Gasteiger partial charge in [-0.25, -0.2) is 9.13 Å². The fraction of sp³-hybridized carbons (Fsp3) is 0.556. The zero-order valence-electron chi connectivity index (χ0n) is 8.15. The molecule has 0 N–H and O–H groups in total. The number of carbonyl (C=O) groups is 1. The largest absolute Gasteiger partial charge is 0.546 e. The van der Waals surface area contributed by atoms with Gasteiger partial charge in [0.15, 0.2) is 0 Å². The van der Waals surface area contributed by atoms with E-state index in [9.17, 15) is 9.90 Å². The molecule has 1 aromatic heterocycles. The number of hydrogen-bond donors (Lipinski definition) is 0.